The van der Waals surface area contributed by atoms with Crippen molar-refractivity contribution >= 4 is 12.2 Å². The van der Waals surface area contributed by atoms with Gasteiger partial charge in [0.1, 0.15) is 35.1 Å². The van der Waals surface area contributed by atoms with Crippen molar-refractivity contribution in [3.05, 3.63) is 65.0 Å². The summed E-state index contributed by atoms with van der Waals surface area (Å²) in [6.45, 7) is 16.1. The predicted molar refractivity (Wildman–Crippen MR) is 204 cm³/mol. The first-order valence-corrected chi connectivity index (χ1v) is 19.1. The van der Waals surface area contributed by atoms with Gasteiger partial charge in [0.2, 0.25) is 0 Å². The van der Waals surface area contributed by atoms with Crippen LogP contribution in [-0.4, -0.2) is 79.4 Å². The van der Waals surface area contributed by atoms with Gasteiger partial charge in [-0.15, -0.1) is 0 Å². The number of fused-ring (bicyclic) bond motifs is 6. The number of imidazole rings is 2. The molecule has 2 aromatic carbocycles. The molecule has 0 radical (unpaired) electrons. The summed E-state index contributed by atoms with van der Waals surface area (Å²) >= 11 is 0. The standard InChI is InChI=1S/C42H52N6O6/c1-23-17-42(40(2,3)4,48(19-23)38(49)50)37-45-31-12-10-25-15-30-28-11-9-26(14-27(28)22-53-34(30)16-29(25)35(31)46-37)32-18-43-36(44-32)33-13-24(21-52-8)20-47(33)39(51)54-41(5,6)7/h9,11,14-16,18,23-24,33H,10,12-13,17,19-22H2,1-8H3,(H,43,44)(H,45,46)(H,49,50)/t23-,24-,33-,42+/m0/s1. The first-order chi connectivity index (χ1) is 25.6. The Kier molecular flexibility index (Phi) is 8.63. The van der Waals surface area contributed by atoms with E-state index in [1.807, 2.05) is 27.0 Å². The fraction of sp³-hybridized carbons (Fsp3) is 0.524. The Morgan fingerprint density at radius 3 is 2.54 bits per heavy atom. The Labute approximate surface area is 316 Å². The van der Waals surface area contributed by atoms with E-state index < -0.39 is 17.2 Å². The molecule has 286 valence electrons. The zero-order valence-electron chi connectivity index (χ0n) is 32.6. The van der Waals surface area contributed by atoms with Crippen LogP contribution in [0.3, 0.4) is 0 Å². The number of likely N-dealkylation sites (tertiary alicyclic amines) is 2. The Morgan fingerprint density at radius 1 is 1.02 bits per heavy atom. The van der Waals surface area contributed by atoms with Crippen LogP contribution in [-0.2, 0) is 34.5 Å². The average Bonchev–Trinajstić information content (AvgIpc) is 3.91. The number of carboxylic acid groups (broad SMARTS) is 1. The quantitative estimate of drug-likeness (QED) is 0.185. The monoisotopic (exact) mass is 736 g/mol. The number of nitrogens with one attached hydrogen (secondary N) is 2. The van der Waals surface area contributed by atoms with Gasteiger partial charge in [-0.1, -0.05) is 39.8 Å². The molecule has 0 saturated carbocycles. The van der Waals surface area contributed by atoms with Crippen molar-refractivity contribution in [2.75, 3.05) is 26.8 Å². The maximum Gasteiger partial charge on any atom is 0.410 e. The van der Waals surface area contributed by atoms with Crippen LogP contribution in [0.1, 0.15) is 95.8 Å². The van der Waals surface area contributed by atoms with E-state index in [2.05, 4.69) is 68.0 Å². The molecule has 0 bridgehead atoms. The minimum absolute atomic E-state index is 0.188. The van der Waals surface area contributed by atoms with Crippen LogP contribution < -0.4 is 4.74 Å². The van der Waals surface area contributed by atoms with E-state index in [1.54, 1.807) is 16.9 Å². The molecule has 3 N–H and O–H groups in total. The van der Waals surface area contributed by atoms with Gasteiger partial charge >= 0.3 is 12.2 Å². The SMILES string of the molecule is COC[C@H]1C[C@@H](c2ncc(-c3ccc4c(c3)COc3cc5c(cc3-4)CCc3nc([C@@]4(C(C)(C)C)C[C@H](C)CN4C(=O)O)[nH]c3-5)[nH]2)N(C(=O)OC(C)(C)C)C1. The second kappa shape index (κ2) is 12.9. The van der Waals surface area contributed by atoms with Crippen LogP contribution in [0, 0.1) is 17.3 Å². The lowest BCUT2D eigenvalue weighted by atomic mass is 9.70. The summed E-state index contributed by atoms with van der Waals surface area (Å²) in [6.07, 6.45) is 3.64. The third-order valence-electron chi connectivity index (χ3n) is 11.8. The Hall–Kier alpha value is -4.84. The van der Waals surface area contributed by atoms with E-state index in [0.29, 0.717) is 32.7 Å². The lowest BCUT2D eigenvalue weighted by Gasteiger charge is -2.45. The highest BCUT2D eigenvalue weighted by Crippen LogP contribution is 2.53. The van der Waals surface area contributed by atoms with Gasteiger partial charge in [-0.05, 0) is 98.2 Å². The summed E-state index contributed by atoms with van der Waals surface area (Å²) < 4.78 is 17.6. The molecule has 12 heteroatoms. The van der Waals surface area contributed by atoms with Crippen molar-refractivity contribution < 1.29 is 28.9 Å². The highest BCUT2D eigenvalue weighted by Gasteiger charge is 2.57. The summed E-state index contributed by atoms with van der Waals surface area (Å²) in [6, 6.07) is 10.6. The van der Waals surface area contributed by atoms with Gasteiger partial charge in [0.05, 0.1) is 35.9 Å². The summed E-state index contributed by atoms with van der Waals surface area (Å²) in [4.78, 5) is 46.3. The van der Waals surface area contributed by atoms with Gasteiger partial charge in [0.25, 0.3) is 0 Å². The summed E-state index contributed by atoms with van der Waals surface area (Å²) in [5, 5.41) is 10.3. The third kappa shape index (κ3) is 6.02. The smallest absolute Gasteiger partial charge is 0.410 e. The number of aromatic nitrogens is 4. The highest BCUT2D eigenvalue weighted by molar-refractivity contribution is 5.83. The van der Waals surface area contributed by atoms with Gasteiger partial charge in [0.15, 0.2) is 0 Å². The molecule has 12 nitrogen and oxygen atoms in total. The highest BCUT2D eigenvalue weighted by atomic mass is 16.6. The predicted octanol–water partition coefficient (Wildman–Crippen LogP) is 8.33. The molecule has 8 rings (SSSR count). The van der Waals surface area contributed by atoms with Crippen LogP contribution in [0.2, 0.25) is 0 Å². The van der Waals surface area contributed by atoms with E-state index in [4.69, 9.17) is 24.2 Å². The minimum atomic E-state index is -0.906. The van der Waals surface area contributed by atoms with Crippen molar-refractivity contribution in [3.8, 4) is 39.4 Å². The molecule has 4 atom stereocenters. The molecule has 4 aliphatic rings. The fourth-order valence-corrected chi connectivity index (χ4v) is 9.35. The Morgan fingerprint density at radius 2 is 1.81 bits per heavy atom. The van der Waals surface area contributed by atoms with E-state index in [1.165, 1.54) is 5.56 Å². The molecule has 1 aliphatic carbocycles. The molecule has 2 fully saturated rings. The number of benzene rings is 2. The third-order valence-corrected chi connectivity index (χ3v) is 11.8. The second-order valence-corrected chi connectivity index (χ2v) is 17.8. The number of carbonyl (C=O) groups excluding carboxylic acids is 1. The molecule has 0 spiro atoms. The first-order valence-electron chi connectivity index (χ1n) is 19.1. The molecule has 0 unspecified atom stereocenters. The van der Waals surface area contributed by atoms with Crippen molar-refractivity contribution in [3.63, 3.8) is 0 Å². The number of aryl methyl sites for hydroxylation is 2. The first kappa shape index (κ1) is 36.2. The molecular weight excluding hydrogens is 684 g/mol. The fourth-order valence-electron chi connectivity index (χ4n) is 9.35. The number of aromatic amines is 2. The molecule has 2 amide bonds. The molecular formula is C42H52N6O6. The van der Waals surface area contributed by atoms with E-state index in [0.717, 1.165) is 81.6 Å². The number of H-pyrrole nitrogens is 2. The van der Waals surface area contributed by atoms with Crippen LogP contribution in [0.15, 0.2) is 36.5 Å². The molecule has 2 saturated heterocycles. The summed E-state index contributed by atoms with van der Waals surface area (Å²) in [5.74, 6) is 2.70. The number of hydrogen-bond donors (Lipinski definition) is 3. The van der Waals surface area contributed by atoms with Crippen LogP contribution >= 0.6 is 0 Å². The van der Waals surface area contributed by atoms with Crippen LogP contribution in [0.25, 0.3) is 33.6 Å². The topological polar surface area (TPSA) is 146 Å². The molecule has 5 heterocycles. The summed E-state index contributed by atoms with van der Waals surface area (Å²) in [7, 11) is 1.68. The Bertz CT molecular complexity index is 2120. The number of amides is 2. The van der Waals surface area contributed by atoms with Crippen molar-refractivity contribution in [1.82, 2.24) is 29.7 Å². The van der Waals surface area contributed by atoms with Gasteiger partial charge in [-0.3, -0.25) is 9.80 Å². The van der Waals surface area contributed by atoms with Crippen LogP contribution in [0.4, 0.5) is 9.59 Å². The van der Waals surface area contributed by atoms with Crippen molar-refractivity contribution in [2.45, 2.75) is 97.9 Å². The maximum atomic E-state index is 13.2. The van der Waals surface area contributed by atoms with Crippen LogP contribution in [0.5, 0.6) is 5.75 Å². The van der Waals surface area contributed by atoms with E-state index in [9.17, 15) is 14.7 Å². The minimum Gasteiger partial charge on any atom is -0.488 e. The Balaban J connectivity index is 1.08. The largest absolute Gasteiger partial charge is 0.488 e. The zero-order valence-corrected chi connectivity index (χ0v) is 32.6. The average molecular weight is 737 g/mol. The van der Waals surface area contributed by atoms with E-state index in [-0.39, 0.29) is 29.4 Å². The number of hydrogen-bond acceptors (Lipinski definition) is 7. The number of rotatable bonds is 5. The van der Waals surface area contributed by atoms with Crippen molar-refractivity contribution in [2.24, 2.45) is 17.3 Å². The molecule has 2 aromatic heterocycles. The molecule has 3 aliphatic heterocycles. The van der Waals surface area contributed by atoms with Gasteiger partial charge in [0, 0.05) is 37.2 Å². The molecule has 4 aromatic rings. The van der Waals surface area contributed by atoms with Gasteiger partial charge < -0.3 is 29.3 Å². The summed E-state index contributed by atoms with van der Waals surface area (Å²) in [5.41, 5.74) is 7.64. The number of methoxy groups -OCH3 is 1. The number of carbonyl (C=O) groups is 2. The normalized spacial score (nSPS) is 23.4. The maximum absolute atomic E-state index is 13.2. The van der Waals surface area contributed by atoms with Gasteiger partial charge in [-0.25, -0.2) is 19.6 Å². The lowest BCUT2D eigenvalue weighted by molar-refractivity contribution is 0.0206. The molecule has 54 heavy (non-hydrogen) atoms. The zero-order chi connectivity index (χ0) is 38.3. The van der Waals surface area contributed by atoms with Gasteiger partial charge in [-0.2, -0.15) is 0 Å². The number of ether oxygens (including phenoxy) is 3. The number of nitrogens with zero attached hydrogens (tertiary/aromatic N) is 4. The lowest BCUT2D eigenvalue weighted by Crippen LogP contribution is -2.53. The second-order valence-electron chi connectivity index (χ2n) is 17.8. The van der Waals surface area contributed by atoms with E-state index >= 15 is 0 Å². The van der Waals surface area contributed by atoms with Crippen molar-refractivity contribution in [1.29, 1.82) is 0 Å².